The van der Waals surface area contributed by atoms with Crippen molar-refractivity contribution >= 4 is 23.2 Å². The van der Waals surface area contributed by atoms with Crippen LogP contribution >= 0.6 is 0 Å². The number of hydrazone groups is 1. The van der Waals surface area contributed by atoms with E-state index in [4.69, 9.17) is 5.73 Å². The molecule has 9 nitrogen and oxygen atoms in total. The number of anilines is 1. The molecule has 9 heteroatoms. The van der Waals surface area contributed by atoms with Crippen LogP contribution in [0.4, 0.5) is 11.4 Å². The van der Waals surface area contributed by atoms with Gasteiger partial charge < -0.3 is 10.3 Å². The molecule has 1 aliphatic heterocycles. The third kappa shape index (κ3) is 3.92. The maximum Gasteiger partial charge on any atom is 0.271 e. The molecule has 3 aromatic rings. The fourth-order valence-electron chi connectivity index (χ4n) is 4.11. The van der Waals surface area contributed by atoms with Crippen LogP contribution < -0.4 is 10.7 Å². The molecule has 168 valence electrons. The average Bonchev–Trinajstić information content (AvgIpc) is 3.32. The molecule has 0 bridgehead atoms. The first-order chi connectivity index (χ1) is 16.3. The van der Waals surface area contributed by atoms with E-state index >= 15 is 0 Å². The van der Waals surface area contributed by atoms with E-state index in [0.29, 0.717) is 11.4 Å². The Kier molecular flexibility index (Phi) is 5.96. The molecule has 0 saturated carbocycles. The molecule has 0 aliphatic carbocycles. The largest absolute Gasteiger partial charge is 0.318 e. The van der Waals surface area contributed by atoms with Crippen LogP contribution in [0.3, 0.4) is 0 Å². The molecule has 4 rings (SSSR count). The van der Waals surface area contributed by atoms with E-state index in [1.54, 1.807) is 23.2 Å². The van der Waals surface area contributed by atoms with Crippen molar-refractivity contribution in [3.05, 3.63) is 93.3 Å². The topological polar surface area (TPSA) is 137 Å². The molecular formula is C25H21N7O2. The highest BCUT2D eigenvalue weighted by molar-refractivity contribution is 6.11. The molecule has 0 amide bonds. The van der Waals surface area contributed by atoms with Crippen molar-refractivity contribution in [2.24, 2.45) is 16.8 Å². The lowest BCUT2D eigenvalue weighted by Crippen LogP contribution is -2.40. The van der Waals surface area contributed by atoms with E-state index in [1.807, 2.05) is 54.8 Å². The number of nitro benzene ring substituents is 1. The standard InChI is InChI=1S/C25H21N7O2/c1-16-11-18(17(2)30(16)21-9-6-10-22(13-21)32(33)34)12-19(14-26)24-23(15-27)25(28)31(29-24)20-7-4-3-5-8-20/h3-13,23,25H,28H2,1-2H3/b19-12-/t23-,25+/m1/s1. The zero-order chi connectivity index (χ0) is 24.4. The number of aryl methyl sites for hydroxylation is 1. The van der Waals surface area contributed by atoms with E-state index in [1.165, 1.54) is 12.1 Å². The molecule has 1 aliphatic rings. The molecular weight excluding hydrogens is 430 g/mol. The Bertz CT molecular complexity index is 1410. The van der Waals surface area contributed by atoms with E-state index < -0.39 is 17.0 Å². The second kappa shape index (κ2) is 9.02. The summed E-state index contributed by atoms with van der Waals surface area (Å²) in [6, 6.07) is 21.8. The van der Waals surface area contributed by atoms with Gasteiger partial charge in [0.1, 0.15) is 18.2 Å². The van der Waals surface area contributed by atoms with E-state index in [9.17, 15) is 20.6 Å². The number of nitro groups is 1. The number of allylic oxidation sites excluding steroid dienone is 1. The Morgan fingerprint density at radius 2 is 1.82 bits per heavy atom. The van der Waals surface area contributed by atoms with Crippen LogP contribution in [0.15, 0.2) is 71.3 Å². The quantitative estimate of drug-likeness (QED) is 0.350. The fourth-order valence-corrected chi connectivity index (χ4v) is 4.11. The van der Waals surface area contributed by atoms with Crippen LogP contribution in [0.1, 0.15) is 17.0 Å². The van der Waals surface area contributed by atoms with Crippen LogP contribution in [0, 0.1) is 52.5 Å². The Hall–Kier alpha value is -4.73. The molecule has 2 aromatic carbocycles. The number of nitrogens with zero attached hydrogens (tertiary/aromatic N) is 6. The predicted octanol–water partition coefficient (Wildman–Crippen LogP) is 4.21. The highest BCUT2D eigenvalue weighted by Gasteiger charge is 2.37. The van der Waals surface area contributed by atoms with Gasteiger partial charge >= 0.3 is 0 Å². The Balaban J connectivity index is 1.77. The summed E-state index contributed by atoms with van der Waals surface area (Å²) in [5, 5.41) is 37.0. The van der Waals surface area contributed by atoms with Crippen molar-refractivity contribution in [2.45, 2.75) is 20.0 Å². The molecule has 2 N–H and O–H groups in total. The number of aromatic nitrogens is 1. The van der Waals surface area contributed by atoms with Crippen molar-refractivity contribution in [1.82, 2.24) is 4.57 Å². The third-order valence-electron chi connectivity index (χ3n) is 5.76. The van der Waals surface area contributed by atoms with E-state index in [2.05, 4.69) is 17.2 Å². The predicted molar refractivity (Wildman–Crippen MR) is 129 cm³/mol. The lowest BCUT2D eigenvalue weighted by Gasteiger charge is -2.21. The van der Waals surface area contributed by atoms with Gasteiger partial charge in [-0.15, -0.1) is 0 Å². The number of nitrogens with two attached hydrogens (primary N) is 1. The zero-order valence-corrected chi connectivity index (χ0v) is 18.6. The Morgan fingerprint density at radius 1 is 1.12 bits per heavy atom. The number of non-ortho nitro benzene ring substituents is 1. The highest BCUT2D eigenvalue weighted by atomic mass is 16.6. The van der Waals surface area contributed by atoms with Crippen LogP contribution in [0.5, 0.6) is 0 Å². The molecule has 0 spiro atoms. The summed E-state index contributed by atoms with van der Waals surface area (Å²) in [7, 11) is 0. The summed E-state index contributed by atoms with van der Waals surface area (Å²) >= 11 is 0. The van der Waals surface area contributed by atoms with Gasteiger partial charge in [0.25, 0.3) is 5.69 Å². The minimum Gasteiger partial charge on any atom is -0.318 e. The summed E-state index contributed by atoms with van der Waals surface area (Å²) in [4.78, 5) is 10.8. The first-order valence-electron chi connectivity index (χ1n) is 10.5. The van der Waals surface area contributed by atoms with Gasteiger partial charge in [-0.1, -0.05) is 24.3 Å². The lowest BCUT2D eigenvalue weighted by molar-refractivity contribution is -0.384. The van der Waals surface area contributed by atoms with Gasteiger partial charge in [-0.3, -0.25) is 10.1 Å². The highest BCUT2D eigenvalue weighted by Crippen LogP contribution is 2.30. The summed E-state index contributed by atoms with van der Waals surface area (Å²) in [5.41, 5.74) is 10.6. The van der Waals surface area contributed by atoms with Crippen LogP contribution in [-0.2, 0) is 0 Å². The molecule has 0 fully saturated rings. The zero-order valence-electron chi connectivity index (χ0n) is 18.6. The average molecular weight is 451 g/mol. The van der Waals surface area contributed by atoms with Crippen molar-refractivity contribution in [3.8, 4) is 17.8 Å². The number of benzene rings is 2. The number of nitriles is 2. The number of para-hydroxylation sites is 1. The van der Waals surface area contributed by atoms with Gasteiger partial charge in [0.15, 0.2) is 0 Å². The molecule has 0 unspecified atom stereocenters. The van der Waals surface area contributed by atoms with E-state index in [0.717, 1.165) is 22.6 Å². The number of hydrogen-bond donors (Lipinski definition) is 1. The second-order valence-corrected chi connectivity index (χ2v) is 7.87. The SMILES string of the molecule is Cc1cc(/C=C(/C#N)C2=NN(c3ccccc3)[C@H](N)[C@@H]2C#N)c(C)n1-c1cccc([N+](=O)[O-])c1. The first-order valence-corrected chi connectivity index (χ1v) is 10.5. The van der Waals surface area contributed by atoms with Crippen molar-refractivity contribution in [2.75, 3.05) is 5.01 Å². The molecule has 0 radical (unpaired) electrons. The molecule has 2 heterocycles. The molecule has 34 heavy (non-hydrogen) atoms. The minimum absolute atomic E-state index is 0.00744. The number of hydrogen-bond acceptors (Lipinski definition) is 7. The number of rotatable bonds is 5. The minimum atomic E-state index is -0.786. The Morgan fingerprint density at radius 3 is 2.47 bits per heavy atom. The smallest absolute Gasteiger partial charge is 0.271 e. The van der Waals surface area contributed by atoms with Crippen LogP contribution in [0.25, 0.3) is 11.8 Å². The molecule has 1 aromatic heterocycles. The van der Waals surface area contributed by atoms with Gasteiger partial charge in [-0.2, -0.15) is 15.6 Å². The van der Waals surface area contributed by atoms with Gasteiger partial charge in [0.05, 0.1) is 33.7 Å². The maximum absolute atomic E-state index is 11.2. The molecule has 2 atom stereocenters. The summed E-state index contributed by atoms with van der Waals surface area (Å²) < 4.78 is 1.88. The summed E-state index contributed by atoms with van der Waals surface area (Å²) in [5.74, 6) is -0.786. The van der Waals surface area contributed by atoms with Crippen molar-refractivity contribution in [3.63, 3.8) is 0 Å². The molecule has 0 saturated heterocycles. The first kappa shape index (κ1) is 22.5. The van der Waals surface area contributed by atoms with Crippen molar-refractivity contribution in [1.29, 1.82) is 10.5 Å². The van der Waals surface area contributed by atoms with Crippen LogP contribution in [0.2, 0.25) is 0 Å². The summed E-state index contributed by atoms with van der Waals surface area (Å²) in [6.45, 7) is 3.75. The van der Waals surface area contributed by atoms with Crippen LogP contribution in [-0.4, -0.2) is 21.4 Å². The lowest BCUT2D eigenvalue weighted by atomic mass is 9.95. The normalized spacial score (nSPS) is 17.7. The fraction of sp³-hybridized carbons (Fsp3) is 0.160. The third-order valence-corrected chi connectivity index (χ3v) is 5.76. The second-order valence-electron chi connectivity index (χ2n) is 7.87. The van der Waals surface area contributed by atoms with E-state index in [-0.39, 0.29) is 11.3 Å². The van der Waals surface area contributed by atoms with Gasteiger partial charge in [0.2, 0.25) is 0 Å². The van der Waals surface area contributed by atoms with Crippen molar-refractivity contribution < 1.29 is 4.92 Å². The van der Waals surface area contributed by atoms with Gasteiger partial charge in [-0.25, -0.2) is 5.01 Å². The van der Waals surface area contributed by atoms with Gasteiger partial charge in [0, 0.05) is 23.5 Å². The summed E-state index contributed by atoms with van der Waals surface area (Å²) in [6.07, 6.45) is 0.956. The maximum atomic E-state index is 11.2. The Labute approximate surface area is 196 Å². The monoisotopic (exact) mass is 451 g/mol. The van der Waals surface area contributed by atoms with Gasteiger partial charge in [-0.05, 0) is 49.8 Å².